The molecule has 2 aromatic carbocycles. The Bertz CT molecular complexity index is 819. The van der Waals surface area contributed by atoms with Crippen LogP contribution in [0.1, 0.15) is 5.56 Å². The fraction of sp³-hybridized carbons (Fsp3) is 0.300. The number of fused-ring (bicyclic) bond motifs is 1. The summed E-state index contributed by atoms with van der Waals surface area (Å²) < 4.78 is 5.93. The summed E-state index contributed by atoms with van der Waals surface area (Å²) in [7, 11) is 0. The number of morpholine rings is 1. The molecule has 4 rings (SSSR count). The molecule has 0 unspecified atom stereocenters. The Labute approximate surface area is 147 Å². The largest absolute Gasteiger partial charge is 0.374 e. The maximum atomic E-state index is 5.93. The molecule has 1 aromatic heterocycles. The number of nitrogens with zero attached hydrogens (tertiary/aromatic N) is 3. The van der Waals surface area contributed by atoms with E-state index in [0.717, 1.165) is 49.5 Å². The summed E-state index contributed by atoms with van der Waals surface area (Å²) in [6, 6.07) is 18.6. The number of benzene rings is 2. The second kappa shape index (κ2) is 7.59. The zero-order chi connectivity index (χ0) is 16.9. The summed E-state index contributed by atoms with van der Waals surface area (Å²) in [5.41, 5.74) is 2.30. The molecule has 128 valence electrons. The van der Waals surface area contributed by atoms with Crippen LogP contribution in [0.25, 0.3) is 10.9 Å². The lowest BCUT2D eigenvalue weighted by atomic mass is 10.2. The smallest absolute Gasteiger partial charge is 0.137 e. The van der Waals surface area contributed by atoms with Crippen LogP contribution in [0.15, 0.2) is 60.9 Å². The van der Waals surface area contributed by atoms with Gasteiger partial charge in [-0.1, -0.05) is 42.5 Å². The van der Waals surface area contributed by atoms with Gasteiger partial charge in [0.15, 0.2) is 0 Å². The minimum Gasteiger partial charge on any atom is -0.374 e. The minimum absolute atomic E-state index is 0.159. The number of nitrogens with one attached hydrogen (secondary N) is 1. The van der Waals surface area contributed by atoms with Crippen LogP contribution >= 0.6 is 0 Å². The van der Waals surface area contributed by atoms with Gasteiger partial charge in [-0.15, -0.1) is 0 Å². The molecule has 25 heavy (non-hydrogen) atoms. The van der Waals surface area contributed by atoms with Gasteiger partial charge in [-0.05, 0) is 17.7 Å². The van der Waals surface area contributed by atoms with Crippen LogP contribution in [0.4, 0.5) is 5.82 Å². The fourth-order valence-corrected chi connectivity index (χ4v) is 3.25. The van der Waals surface area contributed by atoms with Gasteiger partial charge in [0.05, 0.1) is 18.2 Å². The predicted octanol–water partition coefficient (Wildman–Crippen LogP) is 2.94. The van der Waals surface area contributed by atoms with Gasteiger partial charge in [-0.3, -0.25) is 4.90 Å². The average Bonchev–Trinajstić information content (AvgIpc) is 2.67. The number of aromatic nitrogens is 2. The third-order valence-corrected chi connectivity index (χ3v) is 4.51. The molecule has 0 bridgehead atoms. The molecular formula is C20H22N4O. The highest BCUT2D eigenvalue weighted by Crippen LogP contribution is 2.19. The molecule has 3 aromatic rings. The summed E-state index contributed by atoms with van der Waals surface area (Å²) in [5.74, 6) is 0.870. The van der Waals surface area contributed by atoms with E-state index in [-0.39, 0.29) is 6.10 Å². The molecule has 0 radical (unpaired) electrons. The van der Waals surface area contributed by atoms with Crippen molar-refractivity contribution in [3.05, 3.63) is 66.5 Å². The highest BCUT2D eigenvalue weighted by Gasteiger charge is 2.20. The van der Waals surface area contributed by atoms with Crippen molar-refractivity contribution in [2.24, 2.45) is 0 Å². The summed E-state index contributed by atoms with van der Waals surface area (Å²) in [4.78, 5) is 11.1. The lowest BCUT2D eigenvalue weighted by Gasteiger charge is -2.33. The SMILES string of the molecule is c1ccc(CN2CCO[C@@H](CNc3ncnc4ccccc34)C2)cc1. The molecule has 1 aliphatic rings. The average molecular weight is 334 g/mol. The van der Waals surface area contributed by atoms with Crippen molar-refractivity contribution < 1.29 is 4.74 Å². The van der Waals surface area contributed by atoms with Gasteiger partial charge in [0.2, 0.25) is 0 Å². The first-order valence-electron chi connectivity index (χ1n) is 8.70. The monoisotopic (exact) mass is 334 g/mol. The van der Waals surface area contributed by atoms with Crippen LogP contribution in [0.5, 0.6) is 0 Å². The number of rotatable bonds is 5. The number of anilines is 1. The molecule has 1 saturated heterocycles. The first-order valence-corrected chi connectivity index (χ1v) is 8.70. The van der Waals surface area contributed by atoms with E-state index in [2.05, 4.69) is 50.5 Å². The van der Waals surface area contributed by atoms with E-state index in [0.29, 0.717) is 0 Å². The van der Waals surface area contributed by atoms with Gasteiger partial charge >= 0.3 is 0 Å². The van der Waals surface area contributed by atoms with E-state index in [1.165, 1.54) is 5.56 Å². The highest BCUT2D eigenvalue weighted by molar-refractivity contribution is 5.88. The lowest BCUT2D eigenvalue weighted by Crippen LogP contribution is -2.44. The predicted molar refractivity (Wildman–Crippen MR) is 99.5 cm³/mol. The van der Waals surface area contributed by atoms with E-state index in [1.807, 2.05) is 24.3 Å². The van der Waals surface area contributed by atoms with Crippen molar-refractivity contribution in [1.82, 2.24) is 14.9 Å². The van der Waals surface area contributed by atoms with Crippen LogP contribution in [0.3, 0.4) is 0 Å². The summed E-state index contributed by atoms with van der Waals surface area (Å²) >= 11 is 0. The molecule has 0 saturated carbocycles. The van der Waals surface area contributed by atoms with Crippen LogP contribution in [0, 0.1) is 0 Å². The van der Waals surface area contributed by atoms with Gasteiger partial charge in [-0.2, -0.15) is 0 Å². The Morgan fingerprint density at radius 1 is 1.04 bits per heavy atom. The summed E-state index contributed by atoms with van der Waals surface area (Å²) in [6.07, 6.45) is 1.76. The van der Waals surface area contributed by atoms with Gasteiger partial charge < -0.3 is 10.1 Å². The van der Waals surface area contributed by atoms with E-state index >= 15 is 0 Å². The summed E-state index contributed by atoms with van der Waals surface area (Å²) in [5, 5.41) is 4.48. The maximum absolute atomic E-state index is 5.93. The quantitative estimate of drug-likeness (QED) is 0.777. The zero-order valence-electron chi connectivity index (χ0n) is 14.1. The molecule has 0 amide bonds. The van der Waals surface area contributed by atoms with Crippen molar-refractivity contribution in [2.75, 3.05) is 31.6 Å². The Balaban J connectivity index is 1.37. The van der Waals surface area contributed by atoms with Gasteiger partial charge in [0.1, 0.15) is 12.1 Å². The minimum atomic E-state index is 0.159. The molecule has 1 N–H and O–H groups in total. The highest BCUT2D eigenvalue weighted by atomic mass is 16.5. The second-order valence-corrected chi connectivity index (χ2v) is 6.33. The topological polar surface area (TPSA) is 50.3 Å². The van der Waals surface area contributed by atoms with Gasteiger partial charge in [-0.25, -0.2) is 9.97 Å². The molecule has 2 heterocycles. The molecule has 5 nitrogen and oxygen atoms in total. The number of hydrogen-bond donors (Lipinski definition) is 1. The van der Waals surface area contributed by atoms with Crippen molar-refractivity contribution >= 4 is 16.7 Å². The van der Waals surface area contributed by atoms with E-state index < -0.39 is 0 Å². The Hall–Kier alpha value is -2.50. The fourth-order valence-electron chi connectivity index (χ4n) is 3.25. The van der Waals surface area contributed by atoms with Crippen LogP contribution < -0.4 is 5.32 Å². The molecule has 1 aliphatic heterocycles. The van der Waals surface area contributed by atoms with Gasteiger partial charge in [0, 0.05) is 31.6 Å². The third kappa shape index (κ3) is 3.95. The number of ether oxygens (including phenoxy) is 1. The second-order valence-electron chi connectivity index (χ2n) is 6.33. The van der Waals surface area contributed by atoms with E-state index in [4.69, 9.17) is 4.74 Å². The normalized spacial score (nSPS) is 18.3. The van der Waals surface area contributed by atoms with E-state index in [1.54, 1.807) is 6.33 Å². The van der Waals surface area contributed by atoms with Crippen molar-refractivity contribution in [1.29, 1.82) is 0 Å². The standard InChI is InChI=1S/C20H22N4O/c1-2-6-16(7-3-1)13-24-10-11-25-17(14-24)12-21-20-18-8-4-5-9-19(18)22-15-23-20/h1-9,15,17H,10-14H2,(H,21,22,23)/t17-/m0/s1. The third-order valence-electron chi connectivity index (χ3n) is 4.51. The van der Waals surface area contributed by atoms with Crippen LogP contribution in [-0.4, -0.2) is 47.2 Å². The molecule has 1 fully saturated rings. The van der Waals surface area contributed by atoms with Crippen molar-refractivity contribution in [3.63, 3.8) is 0 Å². The lowest BCUT2D eigenvalue weighted by molar-refractivity contribution is -0.0240. The number of para-hydroxylation sites is 1. The Morgan fingerprint density at radius 2 is 1.88 bits per heavy atom. The molecule has 0 aliphatic carbocycles. The van der Waals surface area contributed by atoms with Crippen LogP contribution in [-0.2, 0) is 11.3 Å². The Kier molecular flexibility index (Phi) is 4.86. The van der Waals surface area contributed by atoms with Crippen molar-refractivity contribution in [3.8, 4) is 0 Å². The summed E-state index contributed by atoms with van der Waals surface area (Å²) in [6.45, 7) is 4.37. The molecule has 5 heteroatoms. The van der Waals surface area contributed by atoms with Crippen molar-refractivity contribution in [2.45, 2.75) is 12.6 Å². The molecule has 0 spiro atoms. The van der Waals surface area contributed by atoms with Gasteiger partial charge in [0.25, 0.3) is 0 Å². The zero-order valence-corrected chi connectivity index (χ0v) is 14.1. The first-order chi connectivity index (χ1) is 12.4. The molecular weight excluding hydrogens is 312 g/mol. The molecule has 1 atom stereocenters. The Morgan fingerprint density at radius 3 is 2.80 bits per heavy atom. The van der Waals surface area contributed by atoms with Crippen LogP contribution in [0.2, 0.25) is 0 Å². The van der Waals surface area contributed by atoms with E-state index in [9.17, 15) is 0 Å². The number of hydrogen-bond acceptors (Lipinski definition) is 5. The maximum Gasteiger partial charge on any atom is 0.137 e. The first kappa shape index (κ1) is 16.0.